The number of nitrogens with zero attached hydrogens (tertiary/aromatic N) is 2. The number of rotatable bonds is 2. The van der Waals surface area contributed by atoms with Gasteiger partial charge in [0.05, 0.1) is 12.2 Å². The SMILES string of the molecule is Cc1cccnc1Cn1c(C)cc2ccccc21. The molecule has 2 aromatic heterocycles. The summed E-state index contributed by atoms with van der Waals surface area (Å²) < 4.78 is 2.32. The summed E-state index contributed by atoms with van der Waals surface area (Å²) in [6, 6.07) is 14.8. The Morgan fingerprint density at radius 1 is 1.06 bits per heavy atom. The van der Waals surface area contributed by atoms with E-state index in [-0.39, 0.29) is 0 Å². The van der Waals surface area contributed by atoms with Crippen LogP contribution in [0.3, 0.4) is 0 Å². The van der Waals surface area contributed by atoms with Crippen LogP contribution in [0.5, 0.6) is 0 Å². The number of para-hydroxylation sites is 1. The molecular formula is C16H16N2. The van der Waals surface area contributed by atoms with Gasteiger partial charge in [-0.3, -0.25) is 4.98 Å². The van der Waals surface area contributed by atoms with Crippen LogP contribution in [0.1, 0.15) is 17.0 Å². The number of hydrogen-bond acceptors (Lipinski definition) is 1. The molecule has 0 N–H and O–H groups in total. The maximum absolute atomic E-state index is 4.48. The lowest BCUT2D eigenvalue weighted by Gasteiger charge is -2.09. The van der Waals surface area contributed by atoms with Gasteiger partial charge in [-0.2, -0.15) is 0 Å². The van der Waals surface area contributed by atoms with Gasteiger partial charge in [-0.05, 0) is 43.0 Å². The molecule has 1 aromatic carbocycles. The second-order valence-corrected chi connectivity index (χ2v) is 4.70. The van der Waals surface area contributed by atoms with Gasteiger partial charge in [0, 0.05) is 17.4 Å². The fourth-order valence-electron chi connectivity index (χ4n) is 2.39. The third-order valence-electron chi connectivity index (χ3n) is 3.44. The first-order valence-corrected chi connectivity index (χ1v) is 6.21. The van der Waals surface area contributed by atoms with E-state index in [0.717, 1.165) is 12.2 Å². The molecule has 18 heavy (non-hydrogen) atoms. The van der Waals surface area contributed by atoms with E-state index in [9.17, 15) is 0 Å². The van der Waals surface area contributed by atoms with Crippen LogP contribution in [0.25, 0.3) is 10.9 Å². The van der Waals surface area contributed by atoms with Gasteiger partial charge >= 0.3 is 0 Å². The third kappa shape index (κ3) is 1.80. The van der Waals surface area contributed by atoms with Crippen molar-refractivity contribution in [2.75, 3.05) is 0 Å². The Labute approximate surface area is 107 Å². The predicted octanol–water partition coefficient (Wildman–Crippen LogP) is 3.70. The molecule has 0 bridgehead atoms. The first-order valence-electron chi connectivity index (χ1n) is 6.21. The summed E-state index contributed by atoms with van der Waals surface area (Å²) in [4.78, 5) is 4.48. The highest BCUT2D eigenvalue weighted by molar-refractivity contribution is 5.81. The Hall–Kier alpha value is -2.09. The number of aryl methyl sites for hydroxylation is 2. The Kier molecular flexibility index (Phi) is 2.63. The molecule has 0 saturated heterocycles. The summed E-state index contributed by atoms with van der Waals surface area (Å²) in [7, 11) is 0. The van der Waals surface area contributed by atoms with Crippen molar-refractivity contribution in [1.82, 2.24) is 9.55 Å². The van der Waals surface area contributed by atoms with Gasteiger partial charge in [0.25, 0.3) is 0 Å². The fraction of sp³-hybridized carbons (Fsp3) is 0.188. The average Bonchev–Trinajstić information content (AvgIpc) is 2.69. The highest BCUT2D eigenvalue weighted by Gasteiger charge is 2.07. The van der Waals surface area contributed by atoms with Crippen LogP contribution in [-0.4, -0.2) is 9.55 Å². The largest absolute Gasteiger partial charge is 0.339 e. The molecule has 0 aliphatic carbocycles. The summed E-state index contributed by atoms with van der Waals surface area (Å²) in [6.07, 6.45) is 1.86. The minimum absolute atomic E-state index is 0.839. The van der Waals surface area contributed by atoms with Crippen LogP contribution in [0.2, 0.25) is 0 Å². The minimum Gasteiger partial charge on any atom is -0.339 e. The van der Waals surface area contributed by atoms with Gasteiger partial charge in [0.2, 0.25) is 0 Å². The highest BCUT2D eigenvalue weighted by Crippen LogP contribution is 2.20. The number of benzene rings is 1. The molecular weight excluding hydrogens is 220 g/mol. The van der Waals surface area contributed by atoms with Gasteiger partial charge in [-0.1, -0.05) is 24.3 Å². The lowest BCUT2D eigenvalue weighted by Crippen LogP contribution is -2.04. The molecule has 3 rings (SSSR count). The molecule has 0 unspecified atom stereocenters. The minimum atomic E-state index is 0.839. The molecule has 0 aliphatic heterocycles. The van der Waals surface area contributed by atoms with Crippen LogP contribution in [0.4, 0.5) is 0 Å². The van der Waals surface area contributed by atoms with Gasteiger partial charge in [0.15, 0.2) is 0 Å². The van der Waals surface area contributed by atoms with Crippen LogP contribution in [-0.2, 0) is 6.54 Å². The first-order chi connectivity index (χ1) is 8.75. The van der Waals surface area contributed by atoms with Gasteiger partial charge in [0.1, 0.15) is 0 Å². The van der Waals surface area contributed by atoms with Crippen molar-refractivity contribution in [3.8, 4) is 0 Å². The topological polar surface area (TPSA) is 17.8 Å². The normalized spacial score (nSPS) is 11.0. The summed E-state index contributed by atoms with van der Waals surface area (Å²) in [6.45, 7) is 5.10. The zero-order chi connectivity index (χ0) is 12.5. The van der Waals surface area contributed by atoms with E-state index in [4.69, 9.17) is 0 Å². The van der Waals surface area contributed by atoms with E-state index in [1.807, 2.05) is 12.3 Å². The predicted molar refractivity (Wildman–Crippen MR) is 74.8 cm³/mol. The van der Waals surface area contributed by atoms with Crippen LogP contribution >= 0.6 is 0 Å². The molecule has 0 atom stereocenters. The van der Waals surface area contributed by atoms with Crippen molar-refractivity contribution in [3.63, 3.8) is 0 Å². The maximum Gasteiger partial charge on any atom is 0.0653 e. The Balaban J connectivity index is 2.10. The van der Waals surface area contributed by atoms with E-state index in [1.54, 1.807) is 0 Å². The van der Waals surface area contributed by atoms with E-state index in [0.29, 0.717) is 0 Å². The Morgan fingerprint density at radius 2 is 1.89 bits per heavy atom. The van der Waals surface area contributed by atoms with Gasteiger partial charge in [-0.25, -0.2) is 0 Å². The monoisotopic (exact) mass is 236 g/mol. The molecule has 0 aliphatic rings. The lowest BCUT2D eigenvalue weighted by atomic mass is 10.2. The maximum atomic E-state index is 4.48. The molecule has 0 saturated carbocycles. The second-order valence-electron chi connectivity index (χ2n) is 4.70. The fourth-order valence-corrected chi connectivity index (χ4v) is 2.39. The second kappa shape index (κ2) is 4.30. The third-order valence-corrected chi connectivity index (χ3v) is 3.44. The van der Waals surface area contributed by atoms with Gasteiger partial charge in [-0.15, -0.1) is 0 Å². The molecule has 3 aromatic rings. The molecule has 0 spiro atoms. The number of pyridine rings is 1. The molecule has 90 valence electrons. The highest BCUT2D eigenvalue weighted by atomic mass is 15.0. The van der Waals surface area contributed by atoms with E-state index < -0.39 is 0 Å². The number of aromatic nitrogens is 2. The van der Waals surface area contributed by atoms with Crippen molar-refractivity contribution in [2.45, 2.75) is 20.4 Å². The van der Waals surface area contributed by atoms with Crippen LogP contribution in [0.15, 0.2) is 48.7 Å². The molecule has 2 heterocycles. The summed E-state index contributed by atoms with van der Waals surface area (Å²) >= 11 is 0. The molecule has 2 heteroatoms. The van der Waals surface area contributed by atoms with Crippen molar-refractivity contribution < 1.29 is 0 Å². The molecule has 0 amide bonds. The smallest absolute Gasteiger partial charge is 0.0653 e. The van der Waals surface area contributed by atoms with Crippen molar-refractivity contribution >= 4 is 10.9 Å². The molecule has 0 radical (unpaired) electrons. The Bertz CT molecular complexity index is 695. The van der Waals surface area contributed by atoms with E-state index in [1.165, 1.54) is 22.2 Å². The lowest BCUT2D eigenvalue weighted by molar-refractivity contribution is 0.774. The zero-order valence-electron chi connectivity index (χ0n) is 10.7. The quantitative estimate of drug-likeness (QED) is 0.663. The van der Waals surface area contributed by atoms with Crippen molar-refractivity contribution in [3.05, 3.63) is 65.6 Å². The standard InChI is InChI=1S/C16H16N2/c1-12-6-5-9-17-15(12)11-18-13(2)10-14-7-3-4-8-16(14)18/h3-10H,11H2,1-2H3. The average molecular weight is 236 g/mol. The number of fused-ring (bicyclic) bond motifs is 1. The van der Waals surface area contributed by atoms with Crippen LogP contribution < -0.4 is 0 Å². The zero-order valence-corrected chi connectivity index (χ0v) is 10.7. The van der Waals surface area contributed by atoms with Gasteiger partial charge < -0.3 is 4.57 Å². The van der Waals surface area contributed by atoms with Crippen molar-refractivity contribution in [2.24, 2.45) is 0 Å². The van der Waals surface area contributed by atoms with Crippen molar-refractivity contribution in [1.29, 1.82) is 0 Å². The summed E-state index contributed by atoms with van der Waals surface area (Å²) in [5.41, 5.74) is 4.94. The Morgan fingerprint density at radius 3 is 2.72 bits per heavy atom. The van der Waals surface area contributed by atoms with Crippen LogP contribution in [0, 0.1) is 13.8 Å². The molecule has 2 nitrogen and oxygen atoms in total. The number of hydrogen-bond donors (Lipinski definition) is 0. The molecule has 0 fully saturated rings. The van der Waals surface area contributed by atoms with E-state index in [2.05, 4.69) is 59.8 Å². The first kappa shape index (κ1) is 11.0. The van der Waals surface area contributed by atoms with E-state index >= 15 is 0 Å². The summed E-state index contributed by atoms with van der Waals surface area (Å²) in [5.74, 6) is 0. The summed E-state index contributed by atoms with van der Waals surface area (Å²) in [5, 5.41) is 1.29.